The fraction of sp³-hybridized carbons (Fsp3) is 0.500. The standard InChI is InChI=1S/C12H17NO7/c1-3-8(14)6-13-12(18)9(15)7-20-11(17)5-4-10(16)19-2/h4-5,9,15H,3,6-7H2,1-2H3,(H,13,18)/b5-4+. The summed E-state index contributed by atoms with van der Waals surface area (Å²) < 4.78 is 8.77. The Labute approximate surface area is 115 Å². The topological polar surface area (TPSA) is 119 Å². The number of ether oxygens (including phenoxy) is 2. The molecule has 0 bridgehead atoms. The minimum atomic E-state index is -1.59. The van der Waals surface area contributed by atoms with Gasteiger partial charge in [0, 0.05) is 18.6 Å². The number of hydrogen-bond donors (Lipinski definition) is 2. The molecule has 112 valence electrons. The summed E-state index contributed by atoms with van der Waals surface area (Å²) >= 11 is 0. The van der Waals surface area contributed by atoms with Gasteiger partial charge >= 0.3 is 11.9 Å². The molecule has 0 heterocycles. The normalized spacial score (nSPS) is 11.8. The van der Waals surface area contributed by atoms with Crippen molar-refractivity contribution in [1.82, 2.24) is 5.32 Å². The molecule has 0 saturated carbocycles. The molecular weight excluding hydrogens is 270 g/mol. The van der Waals surface area contributed by atoms with Gasteiger partial charge in [-0.25, -0.2) is 9.59 Å². The number of hydrogen-bond acceptors (Lipinski definition) is 7. The van der Waals surface area contributed by atoms with E-state index in [1.165, 1.54) is 0 Å². The molecule has 0 aliphatic heterocycles. The number of carbonyl (C=O) groups excluding carboxylic acids is 4. The van der Waals surface area contributed by atoms with Gasteiger partial charge in [0.15, 0.2) is 11.9 Å². The van der Waals surface area contributed by atoms with E-state index in [2.05, 4.69) is 14.8 Å². The summed E-state index contributed by atoms with van der Waals surface area (Å²) in [5.41, 5.74) is 0. The molecule has 0 spiro atoms. The van der Waals surface area contributed by atoms with Crippen molar-refractivity contribution < 1.29 is 33.8 Å². The van der Waals surface area contributed by atoms with Crippen LogP contribution in [0.2, 0.25) is 0 Å². The number of ketones is 1. The molecule has 0 saturated heterocycles. The molecule has 20 heavy (non-hydrogen) atoms. The summed E-state index contributed by atoms with van der Waals surface area (Å²) in [4.78, 5) is 44.0. The Bertz CT molecular complexity index is 403. The number of aliphatic hydroxyl groups excluding tert-OH is 1. The van der Waals surface area contributed by atoms with Crippen LogP contribution in [0.5, 0.6) is 0 Å². The van der Waals surface area contributed by atoms with Crippen molar-refractivity contribution in [2.45, 2.75) is 19.4 Å². The summed E-state index contributed by atoms with van der Waals surface area (Å²) in [6.45, 7) is 0.861. The van der Waals surface area contributed by atoms with Gasteiger partial charge in [0.1, 0.15) is 6.61 Å². The Morgan fingerprint density at radius 3 is 2.35 bits per heavy atom. The molecule has 0 aliphatic carbocycles. The van der Waals surface area contributed by atoms with E-state index in [0.717, 1.165) is 19.3 Å². The van der Waals surface area contributed by atoms with Crippen molar-refractivity contribution in [1.29, 1.82) is 0 Å². The zero-order valence-electron chi connectivity index (χ0n) is 11.3. The monoisotopic (exact) mass is 287 g/mol. The maximum absolute atomic E-state index is 11.3. The number of Topliss-reactive ketones (excluding diaryl/α,β-unsaturated/α-hetero) is 1. The molecule has 0 fully saturated rings. The van der Waals surface area contributed by atoms with Gasteiger partial charge in [-0.05, 0) is 0 Å². The Morgan fingerprint density at radius 2 is 1.80 bits per heavy atom. The van der Waals surface area contributed by atoms with Gasteiger partial charge in [0.25, 0.3) is 5.91 Å². The Morgan fingerprint density at radius 1 is 1.20 bits per heavy atom. The molecule has 0 aromatic carbocycles. The van der Waals surface area contributed by atoms with E-state index >= 15 is 0 Å². The third kappa shape index (κ3) is 7.98. The van der Waals surface area contributed by atoms with Gasteiger partial charge < -0.3 is 19.9 Å². The van der Waals surface area contributed by atoms with E-state index < -0.39 is 30.6 Å². The third-order valence-electron chi connectivity index (χ3n) is 2.10. The molecule has 0 aliphatic rings. The smallest absolute Gasteiger partial charge is 0.331 e. The summed E-state index contributed by atoms with van der Waals surface area (Å²) in [7, 11) is 1.14. The van der Waals surface area contributed by atoms with Gasteiger partial charge in [-0.15, -0.1) is 0 Å². The molecule has 8 nitrogen and oxygen atoms in total. The number of aliphatic hydroxyl groups is 1. The minimum Gasteiger partial charge on any atom is -0.466 e. The van der Waals surface area contributed by atoms with Gasteiger partial charge in [0.05, 0.1) is 13.7 Å². The first-order chi connectivity index (χ1) is 9.40. The van der Waals surface area contributed by atoms with Gasteiger partial charge in [0.2, 0.25) is 0 Å². The van der Waals surface area contributed by atoms with Crippen molar-refractivity contribution in [3.8, 4) is 0 Å². The number of rotatable bonds is 8. The van der Waals surface area contributed by atoms with Crippen LogP contribution in [0.25, 0.3) is 0 Å². The Balaban J connectivity index is 4.02. The SMILES string of the molecule is CCC(=O)CNC(=O)C(O)COC(=O)/C=C/C(=O)OC. The van der Waals surface area contributed by atoms with E-state index in [-0.39, 0.29) is 18.7 Å². The van der Waals surface area contributed by atoms with Gasteiger partial charge in [-0.1, -0.05) is 6.92 Å². The minimum absolute atomic E-state index is 0.191. The molecule has 0 aromatic rings. The lowest BCUT2D eigenvalue weighted by molar-refractivity contribution is -0.145. The highest BCUT2D eigenvalue weighted by molar-refractivity contribution is 5.92. The molecule has 1 unspecified atom stereocenters. The first-order valence-electron chi connectivity index (χ1n) is 5.81. The number of nitrogens with one attached hydrogen (secondary N) is 1. The highest BCUT2D eigenvalue weighted by Crippen LogP contribution is 1.90. The number of esters is 2. The van der Waals surface area contributed by atoms with Crippen LogP contribution in [0.1, 0.15) is 13.3 Å². The first kappa shape index (κ1) is 17.8. The quantitative estimate of drug-likeness (QED) is 0.421. The molecule has 0 aromatic heterocycles. The summed E-state index contributed by atoms with van der Waals surface area (Å²) in [6.07, 6.45) is 0.324. The average Bonchev–Trinajstić information content (AvgIpc) is 2.46. The maximum Gasteiger partial charge on any atom is 0.331 e. The summed E-state index contributed by atoms with van der Waals surface area (Å²) in [6, 6.07) is 0. The largest absolute Gasteiger partial charge is 0.466 e. The van der Waals surface area contributed by atoms with Crippen LogP contribution in [-0.4, -0.2) is 55.1 Å². The summed E-state index contributed by atoms with van der Waals surface area (Å²) in [5.74, 6) is -2.66. The Kier molecular flexibility index (Phi) is 8.60. The second kappa shape index (κ2) is 9.68. The fourth-order valence-electron chi connectivity index (χ4n) is 0.918. The van der Waals surface area contributed by atoms with E-state index in [1.807, 2.05) is 0 Å². The van der Waals surface area contributed by atoms with Gasteiger partial charge in [-0.3, -0.25) is 9.59 Å². The van der Waals surface area contributed by atoms with Crippen LogP contribution in [0, 0.1) is 0 Å². The molecule has 1 amide bonds. The second-order valence-corrected chi connectivity index (χ2v) is 3.61. The van der Waals surface area contributed by atoms with E-state index in [9.17, 15) is 24.3 Å². The van der Waals surface area contributed by atoms with Crippen molar-refractivity contribution in [3.05, 3.63) is 12.2 Å². The lowest BCUT2D eigenvalue weighted by atomic mass is 10.3. The molecular formula is C12H17NO7. The number of carbonyl (C=O) groups is 4. The van der Waals surface area contributed by atoms with E-state index in [4.69, 9.17) is 0 Å². The number of amides is 1. The number of methoxy groups -OCH3 is 1. The first-order valence-corrected chi connectivity index (χ1v) is 5.81. The van der Waals surface area contributed by atoms with Crippen molar-refractivity contribution >= 4 is 23.6 Å². The summed E-state index contributed by atoms with van der Waals surface area (Å²) in [5, 5.41) is 11.6. The van der Waals surface area contributed by atoms with Crippen molar-refractivity contribution in [3.63, 3.8) is 0 Å². The predicted molar refractivity (Wildman–Crippen MR) is 66.4 cm³/mol. The van der Waals surface area contributed by atoms with Crippen LogP contribution in [0.4, 0.5) is 0 Å². The van der Waals surface area contributed by atoms with Crippen LogP contribution in [0.15, 0.2) is 12.2 Å². The maximum atomic E-state index is 11.3. The fourth-order valence-corrected chi connectivity index (χ4v) is 0.918. The van der Waals surface area contributed by atoms with Crippen LogP contribution < -0.4 is 5.32 Å². The molecule has 0 rings (SSSR count). The second-order valence-electron chi connectivity index (χ2n) is 3.61. The lowest BCUT2D eigenvalue weighted by Gasteiger charge is -2.10. The highest BCUT2D eigenvalue weighted by Gasteiger charge is 2.17. The van der Waals surface area contributed by atoms with E-state index in [0.29, 0.717) is 0 Å². The van der Waals surface area contributed by atoms with Crippen LogP contribution in [-0.2, 0) is 28.7 Å². The molecule has 0 radical (unpaired) electrons. The molecule has 2 N–H and O–H groups in total. The molecule has 1 atom stereocenters. The van der Waals surface area contributed by atoms with Crippen molar-refractivity contribution in [2.75, 3.05) is 20.3 Å². The Hall–Kier alpha value is -2.22. The van der Waals surface area contributed by atoms with Crippen LogP contribution in [0.3, 0.4) is 0 Å². The van der Waals surface area contributed by atoms with Gasteiger partial charge in [-0.2, -0.15) is 0 Å². The predicted octanol–water partition coefficient (Wildman–Crippen LogP) is -1.28. The lowest BCUT2D eigenvalue weighted by Crippen LogP contribution is -2.40. The molecule has 8 heteroatoms. The van der Waals surface area contributed by atoms with E-state index in [1.54, 1.807) is 6.92 Å². The third-order valence-corrected chi connectivity index (χ3v) is 2.10. The van der Waals surface area contributed by atoms with Crippen LogP contribution >= 0.6 is 0 Å². The zero-order chi connectivity index (χ0) is 15.5. The highest BCUT2D eigenvalue weighted by atomic mass is 16.5. The van der Waals surface area contributed by atoms with Crippen molar-refractivity contribution in [2.24, 2.45) is 0 Å². The zero-order valence-corrected chi connectivity index (χ0v) is 11.3. The average molecular weight is 287 g/mol.